The average molecular weight is 250 g/mol. The lowest BCUT2D eigenvalue weighted by atomic mass is 9.87. The van der Waals surface area contributed by atoms with E-state index in [9.17, 15) is 0 Å². The molecule has 0 radical (unpaired) electrons. The van der Waals surface area contributed by atoms with Crippen LogP contribution in [0.3, 0.4) is 0 Å². The van der Waals surface area contributed by atoms with Crippen molar-refractivity contribution >= 4 is 6.21 Å². The van der Waals surface area contributed by atoms with Gasteiger partial charge in [-0.05, 0) is 18.3 Å². The molecule has 2 heteroatoms. The van der Waals surface area contributed by atoms with Gasteiger partial charge in [0, 0.05) is 19.2 Å². The molecule has 0 aliphatic heterocycles. The van der Waals surface area contributed by atoms with Crippen molar-refractivity contribution in [3.05, 3.63) is 25.1 Å². The van der Waals surface area contributed by atoms with Crippen LogP contribution >= 0.6 is 0 Å². The second kappa shape index (κ2) is 9.93. The van der Waals surface area contributed by atoms with Gasteiger partial charge in [-0.15, -0.1) is 6.58 Å². The molecule has 1 N–H and O–H groups in total. The van der Waals surface area contributed by atoms with Crippen molar-refractivity contribution in [2.45, 2.75) is 46.5 Å². The molecule has 0 heterocycles. The molecule has 3 atom stereocenters. The minimum atomic E-state index is 0.337. The van der Waals surface area contributed by atoms with Crippen molar-refractivity contribution in [3.8, 4) is 0 Å². The van der Waals surface area contributed by atoms with E-state index in [0.29, 0.717) is 17.7 Å². The fraction of sp³-hybridized carbons (Fsp3) is 0.688. The van der Waals surface area contributed by atoms with Gasteiger partial charge >= 0.3 is 0 Å². The molecule has 0 fully saturated rings. The highest BCUT2D eigenvalue weighted by Gasteiger charge is 2.13. The molecule has 18 heavy (non-hydrogen) atoms. The average Bonchev–Trinajstić information content (AvgIpc) is 2.37. The van der Waals surface area contributed by atoms with Crippen LogP contribution in [0.4, 0.5) is 0 Å². The van der Waals surface area contributed by atoms with Crippen molar-refractivity contribution in [2.24, 2.45) is 22.7 Å². The molecule has 0 rings (SSSR count). The molecule has 0 aromatic rings. The lowest BCUT2D eigenvalue weighted by Gasteiger charge is -2.19. The number of hydrogen-bond donors (Lipinski definition) is 1. The Bertz CT molecular complexity index is 268. The van der Waals surface area contributed by atoms with Crippen LogP contribution < -0.4 is 5.32 Å². The summed E-state index contributed by atoms with van der Waals surface area (Å²) in [5.74, 6) is 2.46. The summed E-state index contributed by atoms with van der Waals surface area (Å²) in [7, 11) is 1.83. The molecule has 2 nitrogen and oxygen atoms in total. The first-order valence-electron chi connectivity index (χ1n) is 7.08. The lowest BCUT2D eigenvalue weighted by Crippen LogP contribution is -2.13. The molecule has 0 aromatic heterocycles. The second-order valence-electron chi connectivity index (χ2n) is 5.24. The molecule has 104 valence electrons. The fourth-order valence-corrected chi connectivity index (χ4v) is 2.06. The minimum Gasteiger partial charge on any atom is -0.374 e. The van der Waals surface area contributed by atoms with Crippen molar-refractivity contribution in [2.75, 3.05) is 7.05 Å². The van der Waals surface area contributed by atoms with Crippen LogP contribution in [0.5, 0.6) is 0 Å². The van der Waals surface area contributed by atoms with Gasteiger partial charge in [-0.3, -0.25) is 0 Å². The molecule has 3 unspecified atom stereocenters. The van der Waals surface area contributed by atoms with Gasteiger partial charge in [0.1, 0.15) is 5.82 Å². The Balaban J connectivity index is 4.18. The van der Waals surface area contributed by atoms with Crippen LogP contribution in [0, 0.1) is 17.8 Å². The van der Waals surface area contributed by atoms with Crippen LogP contribution in [-0.4, -0.2) is 13.3 Å². The van der Waals surface area contributed by atoms with Crippen LogP contribution in [0.25, 0.3) is 0 Å². The summed E-state index contributed by atoms with van der Waals surface area (Å²) in [6, 6.07) is 0. The third-order valence-electron chi connectivity index (χ3n) is 3.52. The zero-order valence-corrected chi connectivity index (χ0v) is 12.6. The molecule has 0 aliphatic rings. The van der Waals surface area contributed by atoms with Gasteiger partial charge in [0.05, 0.1) is 0 Å². The normalized spacial score (nSPS) is 16.2. The molecule has 0 saturated heterocycles. The highest BCUT2D eigenvalue weighted by atomic mass is 15.0. The van der Waals surface area contributed by atoms with E-state index in [1.807, 2.05) is 19.3 Å². The predicted octanol–water partition coefficient (Wildman–Crippen LogP) is 4.40. The number of allylic oxidation sites excluding steroid dienone is 1. The number of nitrogens with zero attached hydrogens (tertiary/aromatic N) is 1. The molecule has 0 aliphatic carbocycles. The van der Waals surface area contributed by atoms with Crippen LogP contribution in [0.1, 0.15) is 46.5 Å². The fourth-order valence-electron chi connectivity index (χ4n) is 2.06. The molecular formula is C16H30N2. The Morgan fingerprint density at radius 3 is 2.44 bits per heavy atom. The van der Waals surface area contributed by atoms with E-state index in [2.05, 4.69) is 44.2 Å². The molecule has 0 spiro atoms. The van der Waals surface area contributed by atoms with Gasteiger partial charge in [0.2, 0.25) is 0 Å². The first-order valence-corrected chi connectivity index (χ1v) is 7.08. The highest BCUT2D eigenvalue weighted by Crippen LogP contribution is 2.22. The zero-order chi connectivity index (χ0) is 14.0. The van der Waals surface area contributed by atoms with Crippen LogP contribution in [0.2, 0.25) is 0 Å². The highest BCUT2D eigenvalue weighted by molar-refractivity contribution is 5.64. The maximum absolute atomic E-state index is 4.30. The summed E-state index contributed by atoms with van der Waals surface area (Å²) >= 11 is 0. The van der Waals surface area contributed by atoms with E-state index < -0.39 is 0 Å². The summed E-state index contributed by atoms with van der Waals surface area (Å²) in [4.78, 5) is 4.30. The van der Waals surface area contributed by atoms with E-state index in [1.165, 1.54) is 25.7 Å². The third-order valence-corrected chi connectivity index (χ3v) is 3.52. The first-order chi connectivity index (χ1) is 8.54. The summed E-state index contributed by atoms with van der Waals surface area (Å²) in [5.41, 5.74) is 0. The summed E-state index contributed by atoms with van der Waals surface area (Å²) in [6.07, 6.45) is 9.08. The van der Waals surface area contributed by atoms with Crippen molar-refractivity contribution in [1.29, 1.82) is 0 Å². The Morgan fingerprint density at radius 1 is 1.28 bits per heavy atom. The number of nitrogens with one attached hydrogen (secondary N) is 1. The number of hydrogen-bond acceptors (Lipinski definition) is 2. The van der Waals surface area contributed by atoms with Gasteiger partial charge in [-0.2, -0.15) is 0 Å². The summed E-state index contributed by atoms with van der Waals surface area (Å²) in [6.45, 7) is 14.6. The van der Waals surface area contributed by atoms with Gasteiger partial charge in [-0.1, -0.05) is 52.7 Å². The predicted molar refractivity (Wildman–Crippen MR) is 82.8 cm³/mol. The van der Waals surface area contributed by atoms with E-state index in [0.717, 1.165) is 5.92 Å². The van der Waals surface area contributed by atoms with Crippen LogP contribution in [0.15, 0.2) is 30.0 Å². The van der Waals surface area contributed by atoms with E-state index >= 15 is 0 Å². The number of rotatable bonds is 10. The Hall–Kier alpha value is -1.05. The quantitative estimate of drug-likeness (QED) is 0.451. The third kappa shape index (κ3) is 7.31. The first kappa shape index (κ1) is 16.9. The SMILES string of the molecule is C=CC(C=NC(=C)NC)C(C)CCC(C)CCC. The molecule has 0 aromatic carbocycles. The van der Waals surface area contributed by atoms with Crippen LogP contribution in [-0.2, 0) is 0 Å². The van der Waals surface area contributed by atoms with Gasteiger partial charge in [-0.25, -0.2) is 4.99 Å². The topological polar surface area (TPSA) is 24.4 Å². The summed E-state index contributed by atoms with van der Waals surface area (Å²) in [5, 5.41) is 2.92. The molecular weight excluding hydrogens is 220 g/mol. The molecule has 0 saturated carbocycles. The van der Waals surface area contributed by atoms with Crippen molar-refractivity contribution in [3.63, 3.8) is 0 Å². The van der Waals surface area contributed by atoms with Crippen molar-refractivity contribution < 1.29 is 0 Å². The Kier molecular flexibility index (Phi) is 9.35. The van der Waals surface area contributed by atoms with Gasteiger partial charge in [0.25, 0.3) is 0 Å². The summed E-state index contributed by atoms with van der Waals surface area (Å²) < 4.78 is 0. The second-order valence-corrected chi connectivity index (χ2v) is 5.24. The number of aliphatic imine (C=N–C) groups is 1. The lowest BCUT2D eigenvalue weighted by molar-refractivity contribution is 0.391. The minimum absolute atomic E-state index is 0.337. The van der Waals surface area contributed by atoms with E-state index in [1.54, 1.807) is 0 Å². The van der Waals surface area contributed by atoms with Crippen molar-refractivity contribution in [1.82, 2.24) is 5.32 Å². The Labute approximate surface area is 113 Å². The van der Waals surface area contributed by atoms with E-state index in [-0.39, 0.29) is 0 Å². The Morgan fingerprint density at radius 2 is 1.94 bits per heavy atom. The monoisotopic (exact) mass is 250 g/mol. The maximum atomic E-state index is 4.30. The van der Waals surface area contributed by atoms with Gasteiger partial charge in [0.15, 0.2) is 0 Å². The smallest absolute Gasteiger partial charge is 0.117 e. The zero-order valence-electron chi connectivity index (χ0n) is 12.6. The molecule has 0 bridgehead atoms. The molecule has 0 amide bonds. The van der Waals surface area contributed by atoms with Gasteiger partial charge < -0.3 is 5.32 Å². The standard InChI is InChI=1S/C16H30N2/c1-7-9-13(3)10-11-14(4)16(8-2)12-18-15(5)17-6/h8,12-14,16-17H,2,5,7,9-11H2,1,3-4,6H3. The maximum Gasteiger partial charge on any atom is 0.117 e. The largest absolute Gasteiger partial charge is 0.374 e. The van der Waals surface area contributed by atoms with E-state index in [4.69, 9.17) is 0 Å².